The van der Waals surface area contributed by atoms with E-state index in [0.717, 1.165) is 22.9 Å². The van der Waals surface area contributed by atoms with Crippen LogP contribution in [-0.2, 0) is 9.59 Å². The predicted octanol–water partition coefficient (Wildman–Crippen LogP) is 1.91. The molecule has 114 valence electrons. The van der Waals surface area contributed by atoms with E-state index in [0.29, 0.717) is 6.54 Å². The van der Waals surface area contributed by atoms with Gasteiger partial charge in [-0.25, -0.2) is 4.79 Å². The molecule has 0 aromatic heterocycles. The molecule has 0 aliphatic rings. The van der Waals surface area contributed by atoms with Gasteiger partial charge < -0.3 is 15.3 Å². The first-order valence-electron chi connectivity index (χ1n) is 6.79. The number of amides is 1. The lowest BCUT2D eigenvalue weighted by Crippen LogP contribution is -2.34. The van der Waals surface area contributed by atoms with Gasteiger partial charge >= 0.3 is 5.97 Å². The van der Waals surface area contributed by atoms with Gasteiger partial charge in [0.25, 0.3) is 0 Å². The summed E-state index contributed by atoms with van der Waals surface area (Å²) >= 11 is 0. The molecule has 21 heavy (non-hydrogen) atoms. The number of hydrogen-bond acceptors (Lipinski definition) is 3. The molecule has 1 atom stereocenters. The second-order valence-electron chi connectivity index (χ2n) is 5.11. The number of benzene rings is 1. The molecule has 0 aliphatic heterocycles. The molecule has 5 heteroatoms. The summed E-state index contributed by atoms with van der Waals surface area (Å²) in [7, 11) is 3.57. The first kappa shape index (κ1) is 16.8. The Labute approximate surface area is 125 Å². The summed E-state index contributed by atoms with van der Waals surface area (Å²) < 4.78 is 0. The average molecular weight is 290 g/mol. The monoisotopic (exact) mass is 290 g/mol. The number of nitrogens with one attached hydrogen (secondary N) is 1. The van der Waals surface area contributed by atoms with E-state index in [9.17, 15) is 9.59 Å². The quantitative estimate of drug-likeness (QED) is 0.785. The lowest BCUT2D eigenvalue weighted by molar-refractivity contribution is -0.131. The van der Waals surface area contributed by atoms with E-state index >= 15 is 0 Å². The standard InChI is InChI=1S/C16H22N2O3/c1-11-9-13(6-8-15(19)20)5-7-14(11)18(4)10-12(2)16(21)17-3/h5-9,12H,10H2,1-4H3,(H,17,21)(H,19,20)/b8-6+. The van der Waals surface area contributed by atoms with Gasteiger partial charge in [-0.1, -0.05) is 13.0 Å². The highest BCUT2D eigenvalue weighted by Crippen LogP contribution is 2.21. The number of aliphatic carboxylic acids is 1. The molecule has 1 unspecified atom stereocenters. The number of carboxylic acid groups (broad SMARTS) is 1. The van der Waals surface area contributed by atoms with Crippen LogP contribution in [0.2, 0.25) is 0 Å². The average Bonchev–Trinajstić information content (AvgIpc) is 2.43. The zero-order valence-corrected chi connectivity index (χ0v) is 12.9. The molecule has 1 aromatic carbocycles. The first-order chi connectivity index (χ1) is 9.85. The van der Waals surface area contributed by atoms with Crippen LogP contribution in [0.4, 0.5) is 5.69 Å². The van der Waals surface area contributed by atoms with E-state index in [1.807, 2.05) is 44.0 Å². The van der Waals surface area contributed by atoms with E-state index in [-0.39, 0.29) is 11.8 Å². The Morgan fingerprint density at radius 1 is 1.43 bits per heavy atom. The zero-order valence-electron chi connectivity index (χ0n) is 12.9. The topological polar surface area (TPSA) is 69.6 Å². The number of carboxylic acids is 1. The summed E-state index contributed by atoms with van der Waals surface area (Å²) in [6.07, 6.45) is 2.68. The van der Waals surface area contributed by atoms with Crippen molar-refractivity contribution in [1.82, 2.24) is 5.32 Å². The molecule has 0 heterocycles. The first-order valence-corrected chi connectivity index (χ1v) is 6.79. The van der Waals surface area contributed by atoms with E-state index < -0.39 is 5.97 Å². The molecule has 1 aromatic rings. The molecule has 0 spiro atoms. The largest absolute Gasteiger partial charge is 0.478 e. The third-order valence-electron chi connectivity index (χ3n) is 3.29. The Morgan fingerprint density at radius 2 is 2.10 bits per heavy atom. The van der Waals surface area contributed by atoms with Crippen LogP contribution in [0.25, 0.3) is 6.08 Å². The molecule has 0 saturated heterocycles. The maximum absolute atomic E-state index is 11.6. The smallest absolute Gasteiger partial charge is 0.328 e. The normalized spacial score (nSPS) is 12.2. The number of aryl methyl sites for hydroxylation is 1. The van der Waals surface area contributed by atoms with Crippen LogP contribution in [0.1, 0.15) is 18.1 Å². The third kappa shape index (κ3) is 4.95. The highest BCUT2D eigenvalue weighted by molar-refractivity contribution is 5.85. The minimum atomic E-state index is -0.965. The summed E-state index contributed by atoms with van der Waals surface area (Å²) in [6.45, 7) is 4.47. The van der Waals surface area contributed by atoms with Crippen LogP contribution in [0.3, 0.4) is 0 Å². The molecular weight excluding hydrogens is 268 g/mol. The zero-order chi connectivity index (χ0) is 16.0. The molecule has 2 N–H and O–H groups in total. The summed E-state index contributed by atoms with van der Waals surface area (Å²) in [5, 5.41) is 11.3. The van der Waals surface area contributed by atoms with Gasteiger partial charge in [0.05, 0.1) is 5.92 Å². The molecule has 0 fully saturated rings. The van der Waals surface area contributed by atoms with Crippen molar-refractivity contribution in [3.8, 4) is 0 Å². The Balaban J connectivity index is 2.84. The summed E-state index contributed by atoms with van der Waals surface area (Å²) in [5.41, 5.74) is 2.90. The molecule has 0 bridgehead atoms. The van der Waals surface area contributed by atoms with Crippen molar-refractivity contribution >= 4 is 23.6 Å². The number of hydrogen-bond donors (Lipinski definition) is 2. The summed E-state index contributed by atoms with van der Waals surface area (Å²) in [4.78, 5) is 24.1. The number of nitrogens with zero attached hydrogens (tertiary/aromatic N) is 1. The lowest BCUT2D eigenvalue weighted by Gasteiger charge is -2.24. The maximum Gasteiger partial charge on any atom is 0.328 e. The Hall–Kier alpha value is -2.30. The Morgan fingerprint density at radius 3 is 2.62 bits per heavy atom. The number of carbonyl (C=O) groups excluding carboxylic acids is 1. The van der Waals surface area contributed by atoms with Crippen molar-refractivity contribution in [3.63, 3.8) is 0 Å². The second kappa shape index (κ2) is 7.47. The van der Waals surface area contributed by atoms with Crippen LogP contribution in [0.15, 0.2) is 24.3 Å². The van der Waals surface area contributed by atoms with Gasteiger partial charge in [-0.05, 0) is 36.3 Å². The van der Waals surface area contributed by atoms with E-state index in [1.54, 1.807) is 13.1 Å². The lowest BCUT2D eigenvalue weighted by atomic mass is 10.1. The predicted molar refractivity (Wildman–Crippen MR) is 84.3 cm³/mol. The summed E-state index contributed by atoms with van der Waals surface area (Å²) in [6, 6.07) is 5.73. The highest BCUT2D eigenvalue weighted by atomic mass is 16.4. The van der Waals surface area contributed by atoms with Crippen LogP contribution < -0.4 is 10.2 Å². The molecule has 0 saturated carbocycles. The second-order valence-corrected chi connectivity index (χ2v) is 5.11. The van der Waals surface area contributed by atoms with E-state index in [1.165, 1.54) is 0 Å². The van der Waals surface area contributed by atoms with Crippen LogP contribution in [-0.4, -0.2) is 37.6 Å². The van der Waals surface area contributed by atoms with E-state index in [2.05, 4.69) is 5.32 Å². The van der Waals surface area contributed by atoms with Crippen molar-refractivity contribution in [2.24, 2.45) is 5.92 Å². The van der Waals surface area contributed by atoms with Gasteiger partial charge in [-0.15, -0.1) is 0 Å². The van der Waals surface area contributed by atoms with Crippen molar-refractivity contribution in [2.75, 3.05) is 25.5 Å². The molecule has 5 nitrogen and oxygen atoms in total. The fourth-order valence-corrected chi connectivity index (χ4v) is 2.22. The fraction of sp³-hybridized carbons (Fsp3) is 0.375. The fourth-order valence-electron chi connectivity index (χ4n) is 2.22. The minimum Gasteiger partial charge on any atom is -0.478 e. The van der Waals surface area contributed by atoms with Crippen LogP contribution in [0.5, 0.6) is 0 Å². The van der Waals surface area contributed by atoms with Gasteiger partial charge in [0, 0.05) is 32.4 Å². The Bertz CT molecular complexity index is 552. The van der Waals surface area contributed by atoms with E-state index in [4.69, 9.17) is 5.11 Å². The van der Waals surface area contributed by atoms with Gasteiger partial charge in [-0.2, -0.15) is 0 Å². The molecule has 1 amide bonds. The maximum atomic E-state index is 11.6. The minimum absolute atomic E-state index is 0.0144. The summed E-state index contributed by atoms with van der Waals surface area (Å²) in [5.74, 6) is -1.06. The third-order valence-corrected chi connectivity index (χ3v) is 3.29. The molecule has 0 aliphatic carbocycles. The number of carbonyl (C=O) groups is 2. The number of anilines is 1. The SMILES string of the molecule is CNC(=O)C(C)CN(C)c1ccc(/C=C/C(=O)O)cc1C. The van der Waals surface area contributed by atoms with Crippen molar-refractivity contribution in [1.29, 1.82) is 0 Å². The van der Waals surface area contributed by atoms with Gasteiger partial charge in [0.15, 0.2) is 0 Å². The Kier molecular flexibility index (Phi) is 5.96. The molecule has 0 radical (unpaired) electrons. The van der Waals surface area contributed by atoms with Crippen molar-refractivity contribution in [2.45, 2.75) is 13.8 Å². The van der Waals surface area contributed by atoms with Crippen LogP contribution >= 0.6 is 0 Å². The van der Waals surface area contributed by atoms with Gasteiger partial charge in [0.1, 0.15) is 0 Å². The van der Waals surface area contributed by atoms with Gasteiger partial charge in [-0.3, -0.25) is 4.79 Å². The van der Waals surface area contributed by atoms with Crippen molar-refractivity contribution < 1.29 is 14.7 Å². The van der Waals surface area contributed by atoms with Crippen LogP contribution in [0, 0.1) is 12.8 Å². The van der Waals surface area contributed by atoms with Gasteiger partial charge in [0.2, 0.25) is 5.91 Å². The number of rotatable bonds is 6. The highest BCUT2D eigenvalue weighted by Gasteiger charge is 2.15. The molecular formula is C16H22N2O3. The van der Waals surface area contributed by atoms with Crippen molar-refractivity contribution in [3.05, 3.63) is 35.4 Å². The molecule has 1 rings (SSSR count).